The lowest BCUT2D eigenvalue weighted by molar-refractivity contribution is 0.0318. The number of aliphatic hydroxyl groups excluding tert-OH is 2. The van der Waals surface area contributed by atoms with Gasteiger partial charge in [-0.2, -0.15) is 0 Å². The summed E-state index contributed by atoms with van der Waals surface area (Å²) < 4.78 is 17.8. The van der Waals surface area contributed by atoms with Crippen molar-refractivity contribution < 1.29 is 19.3 Å². The Morgan fingerprint density at radius 1 is 1.33 bits per heavy atom. The van der Waals surface area contributed by atoms with Gasteiger partial charge in [-0.25, -0.2) is 4.39 Å². The molecule has 0 saturated carbocycles. The molecule has 0 unspecified atom stereocenters. The van der Waals surface area contributed by atoms with Gasteiger partial charge < -0.3 is 19.8 Å². The monoisotopic (exact) mass is 257 g/mol. The Bertz CT molecular complexity index is 362. The third-order valence-electron chi connectivity index (χ3n) is 2.60. The highest BCUT2D eigenvalue weighted by molar-refractivity contribution is 5.18. The van der Waals surface area contributed by atoms with E-state index in [0.717, 1.165) is 0 Å². The normalized spacial score (nSPS) is 14.8. The van der Waals surface area contributed by atoms with Crippen molar-refractivity contribution in [1.82, 2.24) is 4.90 Å². The lowest BCUT2D eigenvalue weighted by Crippen LogP contribution is -2.34. The van der Waals surface area contributed by atoms with Crippen LogP contribution in [-0.2, 0) is 4.74 Å². The minimum Gasteiger partial charge on any atom is -0.389 e. The van der Waals surface area contributed by atoms with Gasteiger partial charge in [0.15, 0.2) is 0 Å². The largest absolute Gasteiger partial charge is 0.389 e. The van der Waals surface area contributed by atoms with Gasteiger partial charge in [0, 0.05) is 20.2 Å². The molecule has 1 rings (SSSR count). The third-order valence-corrected chi connectivity index (χ3v) is 2.60. The Morgan fingerprint density at radius 3 is 2.67 bits per heavy atom. The van der Waals surface area contributed by atoms with Gasteiger partial charge in [0.1, 0.15) is 5.82 Å². The number of nitrogens with zero attached hydrogens (tertiary/aromatic N) is 1. The lowest BCUT2D eigenvalue weighted by atomic mass is 10.1. The summed E-state index contributed by atoms with van der Waals surface area (Å²) in [6.07, 6.45) is -1.37. The summed E-state index contributed by atoms with van der Waals surface area (Å²) in [6, 6.07) is 5.88. The average molecular weight is 257 g/mol. The molecule has 0 aliphatic carbocycles. The fourth-order valence-corrected chi connectivity index (χ4v) is 1.79. The molecule has 2 atom stereocenters. The summed E-state index contributed by atoms with van der Waals surface area (Å²) in [7, 11) is 3.30. The summed E-state index contributed by atoms with van der Waals surface area (Å²) >= 11 is 0. The van der Waals surface area contributed by atoms with Gasteiger partial charge in [0.2, 0.25) is 0 Å². The van der Waals surface area contributed by atoms with Crippen LogP contribution < -0.4 is 0 Å². The molecule has 1 aromatic carbocycles. The maximum atomic E-state index is 13.0. The Balaban J connectivity index is 2.46. The van der Waals surface area contributed by atoms with Crippen LogP contribution in [0.4, 0.5) is 4.39 Å². The Labute approximate surface area is 107 Å². The minimum absolute atomic E-state index is 0.250. The van der Waals surface area contributed by atoms with E-state index < -0.39 is 12.2 Å². The summed E-state index contributed by atoms with van der Waals surface area (Å²) in [6.45, 7) is 0.963. The molecule has 102 valence electrons. The molecule has 0 radical (unpaired) electrons. The second-order valence-electron chi connectivity index (χ2n) is 4.40. The highest BCUT2D eigenvalue weighted by Crippen LogP contribution is 2.14. The molecule has 0 aromatic heterocycles. The summed E-state index contributed by atoms with van der Waals surface area (Å²) in [4.78, 5) is 1.78. The van der Waals surface area contributed by atoms with Crippen molar-refractivity contribution in [3.63, 3.8) is 0 Å². The van der Waals surface area contributed by atoms with Crippen molar-refractivity contribution >= 4 is 0 Å². The Kier molecular flexibility index (Phi) is 6.21. The van der Waals surface area contributed by atoms with E-state index >= 15 is 0 Å². The van der Waals surface area contributed by atoms with E-state index in [-0.39, 0.29) is 12.4 Å². The molecular formula is C13H20FNO3. The topological polar surface area (TPSA) is 52.9 Å². The number of aliphatic hydroxyl groups is 2. The first-order valence-corrected chi connectivity index (χ1v) is 5.82. The lowest BCUT2D eigenvalue weighted by Gasteiger charge is -2.23. The molecule has 4 nitrogen and oxygen atoms in total. The van der Waals surface area contributed by atoms with Gasteiger partial charge in [0.05, 0.1) is 18.8 Å². The molecule has 0 aliphatic heterocycles. The van der Waals surface area contributed by atoms with Crippen LogP contribution >= 0.6 is 0 Å². The van der Waals surface area contributed by atoms with Gasteiger partial charge in [-0.05, 0) is 24.7 Å². The molecule has 0 heterocycles. The zero-order chi connectivity index (χ0) is 13.5. The zero-order valence-electron chi connectivity index (χ0n) is 10.7. The number of ether oxygens (including phenoxy) is 1. The van der Waals surface area contributed by atoms with Crippen molar-refractivity contribution in [2.24, 2.45) is 0 Å². The van der Waals surface area contributed by atoms with Crippen LogP contribution in [0.15, 0.2) is 24.3 Å². The number of rotatable bonds is 7. The van der Waals surface area contributed by atoms with Gasteiger partial charge in [-0.15, -0.1) is 0 Å². The van der Waals surface area contributed by atoms with E-state index in [4.69, 9.17) is 4.74 Å². The molecule has 0 bridgehead atoms. The zero-order valence-corrected chi connectivity index (χ0v) is 10.7. The number of hydrogen-bond acceptors (Lipinski definition) is 4. The predicted molar refractivity (Wildman–Crippen MR) is 66.7 cm³/mol. The van der Waals surface area contributed by atoms with Gasteiger partial charge in [0.25, 0.3) is 0 Å². The highest BCUT2D eigenvalue weighted by atomic mass is 19.1. The van der Waals surface area contributed by atoms with Crippen LogP contribution in [0.25, 0.3) is 0 Å². The van der Waals surface area contributed by atoms with Crippen LogP contribution in [0.1, 0.15) is 11.7 Å². The Hall–Kier alpha value is -1.01. The molecule has 5 heteroatoms. The second kappa shape index (κ2) is 7.43. The molecule has 0 fully saturated rings. The van der Waals surface area contributed by atoms with E-state index in [9.17, 15) is 14.6 Å². The van der Waals surface area contributed by atoms with E-state index in [0.29, 0.717) is 18.7 Å². The second-order valence-corrected chi connectivity index (χ2v) is 4.40. The fraction of sp³-hybridized carbons (Fsp3) is 0.538. The predicted octanol–water partition coefficient (Wildman–Crippen LogP) is 0.798. The van der Waals surface area contributed by atoms with Crippen LogP contribution in [0.2, 0.25) is 0 Å². The molecule has 0 saturated heterocycles. The summed E-state index contributed by atoms with van der Waals surface area (Å²) in [5.74, 6) is -0.367. The van der Waals surface area contributed by atoms with Gasteiger partial charge in [-0.1, -0.05) is 12.1 Å². The molecule has 2 N–H and O–H groups in total. The van der Waals surface area contributed by atoms with Crippen LogP contribution in [0.5, 0.6) is 0 Å². The third kappa shape index (κ3) is 5.10. The minimum atomic E-state index is -0.777. The van der Waals surface area contributed by atoms with Crippen LogP contribution in [0, 0.1) is 5.82 Å². The maximum Gasteiger partial charge on any atom is 0.123 e. The summed E-state index contributed by atoms with van der Waals surface area (Å²) in [5.41, 5.74) is 0.531. The van der Waals surface area contributed by atoms with E-state index in [1.54, 1.807) is 24.1 Å². The number of methoxy groups -OCH3 is 1. The molecule has 0 spiro atoms. The van der Waals surface area contributed by atoms with Crippen molar-refractivity contribution in [1.29, 1.82) is 0 Å². The van der Waals surface area contributed by atoms with Crippen molar-refractivity contribution in [3.05, 3.63) is 35.6 Å². The van der Waals surface area contributed by atoms with Crippen LogP contribution in [0.3, 0.4) is 0 Å². The molecule has 0 aliphatic rings. The van der Waals surface area contributed by atoms with Crippen LogP contribution in [-0.4, -0.2) is 55.1 Å². The quantitative estimate of drug-likeness (QED) is 0.758. The summed E-state index contributed by atoms with van der Waals surface area (Å²) in [5, 5.41) is 19.5. The fourth-order valence-electron chi connectivity index (χ4n) is 1.79. The number of hydrogen-bond donors (Lipinski definition) is 2. The first-order chi connectivity index (χ1) is 8.52. The van der Waals surface area contributed by atoms with E-state index in [1.165, 1.54) is 19.2 Å². The standard InChI is InChI=1S/C13H20FNO3/c1-15(7-12(16)9-18-2)8-13(17)10-4-3-5-11(14)6-10/h3-6,12-13,16-17H,7-9H2,1-2H3/t12-,13+/m0/s1. The number of halogens is 1. The van der Waals surface area contributed by atoms with Gasteiger partial charge in [-0.3, -0.25) is 0 Å². The average Bonchev–Trinajstić information content (AvgIpc) is 2.28. The van der Waals surface area contributed by atoms with E-state index in [2.05, 4.69) is 0 Å². The van der Waals surface area contributed by atoms with Crippen molar-refractivity contribution in [2.75, 3.05) is 33.9 Å². The highest BCUT2D eigenvalue weighted by Gasteiger charge is 2.14. The first-order valence-electron chi connectivity index (χ1n) is 5.82. The first kappa shape index (κ1) is 15.0. The number of likely N-dealkylation sites (N-methyl/N-ethyl adjacent to an activating group) is 1. The Morgan fingerprint density at radius 2 is 2.06 bits per heavy atom. The molecule has 18 heavy (non-hydrogen) atoms. The van der Waals surface area contributed by atoms with E-state index in [1.807, 2.05) is 0 Å². The maximum absolute atomic E-state index is 13.0. The molecule has 1 aromatic rings. The molecule has 0 amide bonds. The smallest absolute Gasteiger partial charge is 0.123 e. The molecular weight excluding hydrogens is 237 g/mol. The SMILES string of the molecule is COC[C@@H](O)CN(C)C[C@@H](O)c1cccc(F)c1. The number of benzene rings is 1. The van der Waals surface area contributed by atoms with Crippen molar-refractivity contribution in [3.8, 4) is 0 Å². The van der Waals surface area contributed by atoms with Crippen molar-refractivity contribution in [2.45, 2.75) is 12.2 Å². The van der Waals surface area contributed by atoms with Gasteiger partial charge >= 0.3 is 0 Å².